The summed E-state index contributed by atoms with van der Waals surface area (Å²) in [6, 6.07) is 22.6. The van der Waals surface area contributed by atoms with Gasteiger partial charge in [-0.05, 0) is 23.1 Å². The summed E-state index contributed by atoms with van der Waals surface area (Å²) in [4.78, 5) is 27.2. The number of fused-ring (bicyclic) bond motifs is 1. The van der Waals surface area contributed by atoms with Crippen molar-refractivity contribution in [3.05, 3.63) is 84.6 Å². The summed E-state index contributed by atoms with van der Waals surface area (Å²) in [7, 11) is 0. The molecule has 1 N–H and O–H groups in total. The van der Waals surface area contributed by atoms with Gasteiger partial charge in [-0.2, -0.15) is 0 Å². The molecule has 0 spiro atoms. The molecule has 30 heavy (non-hydrogen) atoms. The van der Waals surface area contributed by atoms with Gasteiger partial charge in [0.25, 0.3) is 5.91 Å². The first kappa shape index (κ1) is 19.7. The fraction of sp³-hybridized carbons (Fsp3) is 0.167. The number of ether oxygens (including phenoxy) is 1. The van der Waals surface area contributed by atoms with Crippen molar-refractivity contribution >= 4 is 28.8 Å². The van der Waals surface area contributed by atoms with E-state index in [-0.39, 0.29) is 25.6 Å². The number of benzene rings is 3. The third-order valence-corrected chi connectivity index (χ3v) is 4.90. The Bertz CT molecular complexity index is 1080. The summed E-state index contributed by atoms with van der Waals surface area (Å²) in [6.07, 6.45) is 2.37. The summed E-state index contributed by atoms with van der Waals surface area (Å²) in [5.74, 6) is 0.306. The highest BCUT2D eigenvalue weighted by molar-refractivity contribution is 6.02. The Morgan fingerprint density at radius 1 is 0.967 bits per heavy atom. The molecule has 0 radical (unpaired) electrons. The Hall–Kier alpha value is -3.64. The van der Waals surface area contributed by atoms with Gasteiger partial charge in [0, 0.05) is 11.6 Å². The predicted molar refractivity (Wildman–Crippen MR) is 115 cm³/mol. The van der Waals surface area contributed by atoms with E-state index in [2.05, 4.69) is 0 Å². The SMILES string of the molecule is O=C1CN(/C=C/c2ccccc2)C(=O)N1CC(O)COc1cccc2ccccc12. The highest BCUT2D eigenvalue weighted by atomic mass is 16.5. The lowest BCUT2D eigenvalue weighted by molar-refractivity contribution is -0.126. The van der Waals surface area contributed by atoms with Crippen molar-refractivity contribution < 1.29 is 19.4 Å². The molecule has 4 rings (SSSR count). The van der Waals surface area contributed by atoms with Crippen molar-refractivity contribution in [2.24, 2.45) is 0 Å². The number of aliphatic hydroxyl groups excluding tert-OH is 1. The number of carbonyl (C=O) groups excluding carboxylic acids is 2. The molecule has 0 aromatic heterocycles. The van der Waals surface area contributed by atoms with Crippen molar-refractivity contribution in [3.8, 4) is 5.75 Å². The summed E-state index contributed by atoms with van der Waals surface area (Å²) < 4.78 is 5.77. The van der Waals surface area contributed by atoms with Crippen LogP contribution in [0.5, 0.6) is 5.75 Å². The number of β-amino-alcohol motifs (C(OH)–C–C–N with tert-alkyl or cyclic N) is 1. The maximum absolute atomic E-state index is 12.5. The van der Waals surface area contributed by atoms with Crippen LogP contribution in [0.25, 0.3) is 16.8 Å². The number of carbonyl (C=O) groups is 2. The lowest BCUT2D eigenvalue weighted by Gasteiger charge is -2.19. The Kier molecular flexibility index (Phi) is 5.77. The minimum Gasteiger partial charge on any atom is -0.490 e. The van der Waals surface area contributed by atoms with Crippen molar-refractivity contribution in [3.63, 3.8) is 0 Å². The molecule has 152 valence electrons. The predicted octanol–water partition coefficient (Wildman–Crippen LogP) is 3.51. The average molecular weight is 402 g/mol. The molecule has 1 saturated heterocycles. The number of urea groups is 1. The van der Waals surface area contributed by atoms with Crippen LogP contribution in [0, 0.1) is 0 Å². The lowest BCUT2D eigenvalue weighted by Crippen LogP contribution is -2.40. The van der Waals surface area contributed by atoms with Crippen LogP contribution in [-0.4, -0.2) is 52.6 Å². The van der Waals surface area contributed by atoms with Gasteiger partial charge in [0.15, 0.2) is 0 Å². The molecule has 0 aliphatic carbocycles. The van der Waals surface area contributed by atoms with E-state index in [0.29, 0.717) is 5.75 Å². The van der Waals surface area contributed by atoms with Gasteiger partial charge in [0.05, 0.1) is 6.54 Å². The number of amides is 3. The zero-order chi connectivity index (χ0) is 20.9. The second-order valence-electron chi connectivity index (χ2n) is 7.08. The summed E-state index contributed by atoms with van der Waals surface area (Å²) in [5, 5.41) is 12.3. The van der Waals surface area contributed by atoms with Crippen molar-refractivity contribution in [1.29, 1.82) is 0 Å². The molecule has 0 saturated carbocycles. The Balaban J connectivity index is 1.36. The molecule has 3 aromatic carbocycles. The lowest BCUT2D eigenvalue weighted by atomic mass is 10.1. The first-order valence-electron chi connectivity index (χ1n) is 9.74. The van der Waals surface area contributed by atoms with Crippen LogP contribution >= 0.6 is 0 Å². The van der Waals surface area contributed by atoms with E-state index in [1.807, 2.05) is 72.8 Å². The maximum atomic E-state index is 12.5. The van der Waals surface area contributed by atoms with Gasteiger partial charge in [-0.1, -0.05) is 66.7 Å². The number of nitrogens with zero attached hydrogens (tertiary/aromatic N) is 2. The minimum atomic E-state index is -0.991. The number of imide groups is 1. The smallest absolute Gasteiger partial charge is 0.331 e. The third-order valence-electron chi connectivity index (χ3n) is 4.90. The molecule has 3 aromatic rings. The van der Waals surface area contributed by atoms with Crippen LogP contribution in [0.4, 0.5) is 4.79 Å². The Morgan fingerprint density at radius 2 is 1.70 bits per heavy atom. The maximum Gasteiger partial charge on any atom is 0.331 e. The largest absolute Gasteiger partial charge is 0.490 e. The van der Waals surface area contributed by atoms with Crippen molar-refractivity contribution in [2.75, 3.05) is 19.7 Å². The zero-order valence-corrected chi connectivity index (χ0v) is 16.3. The highest BCUT2D eigenvalue weighted by Gasteiger charge is 2.36. The average Bonchev–Trinajstić information content (AvgIpc) is 3.04. The van der Waals surface area contributed by atoms with E-state index in [9.17, 15) is 14.7 Å². The van der Waals surface area contributed by atoms with E-state index < -0.39 is 12.1 Å². The molecular formula is C24H22N2O4. The second kappa shape index (κ2) is 8.80. The summed E-state index contributed by atoms with van der Waals surface area (Å²) in [5.41, 5.74) is 0.930. The van der Waals surface area contributed by atoms with Crippen LogP contribution in [0.1, 0.15) is 5.56 Å². The van der Waals surface area contributed by atoms with E-state index in [4.69, 9.17) is 4.74 Å². The number of hydrogen-bond acceptors (Lipinski definition) is 4. The molecule has 6 nitrogen and oxygen atoms in total. The van der Waals surface area contributed by atoms with Crippen LogP contribution in [0.15, 0.2) is 79.0 Å². The fourth-order valence-corrected chi connectivity index (χ4v) is 3.37. The van der Waals surface area contributed by atoms with Crippen LogP contribution < -0.4 is 4.74 Å². The van der Waals surface area contributed by atoms with Gasteiger partial charge in [0.2, 0.25) is 0 Å². The highest BCUT2D eigenvalue weighted by Crippen LogP contribution is 2.25. The molecular weight excluding hydrogens is 380 g/mol. The first-order chi connectivity index (χ1) is 14.6. The molecule has 1 aliphatic rings. The monoisotopic (exact) mass is 402 g/mol. The molecule has 1 aliphatic heterocycles. The number of hydrogen-bond donors (Lipinski definition) is 1. The van der Waals surface area contributed by atoms with Gasteiger partial charge >= 0.3 is 6.03 Å². The first-order valence-corrected chi connectivity index (χ1v) is 9.74. The molecule has 1 heterocycles. The normalized spacial score (nSPS) is 15.4. The van der Waals surface area contributed by atoms with Crippen molar-refractivity contribution in [1.82, 2.24) is 9.80 Å². The van der Waals surface area contributed by atoms with Gasteiger partial charge in [-0.25, -0.2) is 4.79 Å². The van der Waals surface area contributed by atoms with Gasteiger partial charge in [0.1, 0.15) is 25.0 Å². The standard InChI is InChI=1S/C24H22N2O4/c27-20(17-30-22-12-6-10-19-9-4-5-11-21(19)22)15-26-23(28)16-25(24(26)29)14-13-18-7-2-1-3-8-18/h1-14,20,27H,15-17H2/b14-13+. The Labute approximate surface area is 174 Å². The van der Waals surface area contributed by atoms with E-state index in [1.165, 1.54) is 4.90 Å². The molecule has 0 bridgehead atoms. The van der Waals surface area contributed by atoms with Gasteiger partial charge < -0.3 is 9.84 Å². The molecule has 1 unspecified atom stereocenters. The molecule has 6 heteroatoms. The van der Waals surface area contributed by atoms with E-state index >= 15 is 0 Å². The topological polar surface area (TPSA) is 70.1 Å². The van der Waals surface area contributed by atoms with Gasteiger partial charge in [-0.3, -0.25) is 14.6 Å². The third kappa shape index (κ3) is 4.34. The fourth-order valence-electron chi connectivity index (χ4n) is 3.37. The number of aliphatic hydroxyl groups is 1. The summed E-state index contributed by atoms with van der Waals surface area (Å²) >= 11 is 0. The molecule has 1 fully saturated rings. The number of rotatable bonds is 7. The molecule has 1 atom stereocenters. The van der Waals surface area contributed by atoms with Crippen LogP contribution in [0.3, 0.4) is 0 Å². The quantitative estimate of drug-likeness (QED) is 0.614. The van der Waals surface area contributed by atoms with Crippen molar-refractivity contribution in [2.45, 2.75) is 6.10 Å². The summed E-state index contributed by atoms with van der Waals surface area (Å²) in [6.45, 7) is -0.178. The minimum absolute atomic E-state index is 0.0229. The molecule has 3 amide bonds. The van der Waals surface area contributed by atoms with E-state index in [0.717, 1.165) is 21.2 Å². The van der Waals surface area contributed by atoms with Crippen LogP contribution in [-0.2, 0) is 4.79 Å². The Morgan fingerprint density at radius 3 is 2.53 bits per heavy atom. The van der Waals surface area contributed by atoms with Gasteiger partial charge in [-0.15, -0.1) is 0 Å². The second-order valence-corrected chi connectivity index (χ2v) is 7.08. The van der Waals surface area contributed by atoms with Crippen LogP contribution in [0.2, 0.25) is 0 Å². The van der Waals surface area contributed by atoms with E-state index in [1.54, 1.807) is 12.3 Å². The zero-order valence-electron chi connectivity index (χ0n) is 16.3.